The van der Waals surface area contributed by atoms with Gasteiger partial charge < -0.3 is 10.1 Å². The van der Waals surface area contributed by atoms with E-state index >= 15 is 0 Å². The van der Waals surface area contributed by atoms with Crippen LogP contribution in [0.4, 0.5) is 0 Å². The lowest BCUT2D eigenvalue weighted by atomic mass is 10.1. The minimum Gasteiger partial charge on any atom is -0.465 e. The Kier molecular flexibility index (Phi) is 5.34. The molecular formula is C9H17NO2. The lowest BCUT2D eigenvalue weighted by molar-refractivity contribution is -0.145. The van der Waals surface area contributed by atoms with Gasteiger partial charge in [0.15, 0.2) is 0 Å². The molecule has 70 valence electrons. The highest BCUT2D eigenvalue weighted by molar-refractivity contribution is 5.98. The number of rotatable bonds is 5. The summed E-state index contributed by atoms with van der Waals surface area (Å²) in [6.07, 6.45) is 1.92. The van der Waals surface area contributed by atoms with Gasteiger partial charge in [-0.25, -0.2) is 0 Å². The summed E-state index contributed by atoms with van der Waals surface area (Å²) in [5.41, 5.74) is 0.358. The van der Waals surface area contributed by atoms with Gasteiger partial charge in [-0.1, -0.05) is 13.3 Å². The highest BCUT2D eigenvalue weighted by Crippen LogP contribution is 2.01. The number of hydrogen-bond acceptors (Lipinski definition) is 3. The average molecular weight is 171 g/mol. The van der Waals surface area contributed by atoms with E-state index < -0.39 is 0 Å². The van der Waals surface area contributed by atoms with Crippen molar-refractivity contribution in [2.24, 2.45) is 5.92 Å². The van der Waals surface area contributed by atoms with Crippen molar-refractivity contribution < 1.29 is 9.53 Å². The third-order valence-electron chi connectivity index (χ3n) is 1.75. The van der Waals surface area contributed by atoms with Gasteiger partial charge in [-0.3, -0.25) is 4.79 Å². The molecule has 0 aromatic carbocycles. The number of hydrogen-bond donors (Lipinski definition) is 1. The lowest BCUT2D eigenvalue weighted by Crippen LogP contribution is -2.21. The van der Waals surface area contributed by atoms with Crippen LogP contribution in [0.1, 0.15) is 33.6 Å². The van der Waals surface area contributed by atoms with E-state index in [1.54, 1.807) is 13.8 Å². The highest BCUT2D eigenvalue weighted by atomic mass is 16.5. The molecule has 0 spiro atoms. The van der Waals surface area contributed by atoms with Crippen LogP contribution in [0.2, 0.25) is 0 Å². The van der Waals surface area contributed by atoms with Crippen molar-refractivity contribution in [3.8, 4) is 0 Å². The molecule has 0 aromatic rings. The Labute approximate surface area is 73.6 Å². The Hall–Kier alpha value is -0.860. The molecule has 1 unspecified atom stereocenters. The molecule has 3 nitrogen and oxygen atoms in total. The predicted octanol–water partition coefficient (Wildman–Crippen LogP) is 2.01. The zero-order valence-corrected chi connectivity index (χ0v) is 8.02. The molecule has 12 heavy (non-hydrogen) atoms. The molecule has 0 aromatic heterocycles. The first-order chi connectivity index (χ1) is 5.59. The molecular weight excluding hydrogens is 154 g/mol. The molecule has 3 heteroatoms. The Morgan fingerprint density at radius 1 is 1.58 bits per heavy atom. The zero-order chi connectivity index (χ0) is 9.56. The summed E-state index contributed by atoms with van der Waals surface area (Å²) in [6, 6.07) is 0. The van der Waals surface area contributed by atoms with Crippen molar-refractivity contribution in [3.05, 3.63) is 0 Å². The summed E-state index contributed by atoms with van der Waals surface area (Å²) in [4.78, 5) is 11.1. The van der Waals surface area contributed by atoms with Gasteiger partial charge in [-0.05, 0) is 20.3 Å². The first kappa shape index (κ1) is 11.1. The number of carbonyl (C=O) groups is 1. The maximum Gasteiger partial charge on any atom is 0.314 e. The van der Waals surface area contributed by atoms with E-state index in [-0.39, 0.29) is 11.9 Å². The molecule has 0 radical (unpaired) electrons. The topological polar surface area (TPSA) is 50.2 Å². The summed E-state index contributed by atoms with van der Waals surface area (Å²) in [5.74, 6) is -0.669. The van der Waals surface area contributed by atoms with Gasteiger partial charge in [0.05, 0.1) is 12.5 Å². The van der Waals surface area contributed by atoms with Crippen LogP contribution in [0, 0.1) is 11.3 Å². The normalized spacial score (nSPS) is 12.2. The van der Waals surface area contributed by atoms with Crippen molar-refractivity contribution in [2.45, 2.75) is 33.6 Å². The number of ether oxygens (including phenoxy) is 1. The standard InChI is InChI=1S/C9H17NO2/c1-4-5-6-12-9(11)7(2)8(3)10/h7,10H,4-6H2,1-3H3. The van der Waals surface area contributed by atoms with Crippen molar-refractivity contribution in [3.63, 3.8) is 0 Å². The molecule has 0 aliphatic heterocycles. The van der Waals surface area contributed by atoms with Crippen LogP contribution in [-0.2, 0) is 9.53 Å². The van der Waals surface area contributed by atoms with E-state index in [0.717, 1.165) is 12.8 Å². The van der Waals surface area contributed by atoms with Gasteiger partial charge in [0.1, 0.15) is 0 Å². The summed E-state index contributed by atoms with van der Waals surface area (Å²) >= 11 is 0. The van der Waals surface area contributed by atoms with Crippen molar-refractivity contribution in [2.75, 3.05) is 6.61 Å². The minimum absolute atomic E-state index is 0.282. The molecule has 0 saturated carbocycles. The Morgan fingerprint density at radius 2 is 2.17 bits per heavy atom. The van der Waals surface area contributed by atoms with Crippen molar-refractivity contribution >= 4 is 11.7 Å². The first-order valence-corrected chi connectivity index (χ1v) is 4.31. The van der Waals surface area contributed by atoms with Crippen molar-refractivity contribution in [1.29, 1.82) is 5.41 Å². The molecule has 1 atom stereocenters. The molecule has 0 aliphatic rings. The summed E-state index contributed by atoms with van der Waals surface area (Å²) in [6.45, 7) is 5.83. The summed E-state index contributed by atoms with van der Waals surface area (Å²) in [5, 5.41) is 7.21. The maximum absolute atomic E-state index is 11.1. The quantitative estimate of drug-likeness (QED) is 0.391. The molecule has 0 saturated heterocycles. The molecule has 0 heterocycles. The van der Waals surface area contributed by atoms with Gasteiger partial charge in [0, 0.05) is 5.71 Å². The Balaban J connectivity index is 3.65. The summed E-state index contributed by atoms with van der Waals surface area (Å²) in [7, 11) is 0. The minimum atomic E-state index is -0.387. The second kappa shape index (κ2) is 5.75. The van der Waals surface area contributed by atoms with E-state index in [1.165, 1.54) is 0 Å². The fourth-order valence-corrected chi connectivity index (χ4v) is 0.619. The van der Waals surface area contributed by atoms with Crippen LogP contribution >= 0.6 is 0 Å². The van der Waals surface area contributed by atoms with Crippen LogP contribution in [0.5, 0.6) is 0 Å². The highest BCUT2D eigenvalue weighted by Gasteiger charge is 2.15. The molecule has 1 N–H and O–H groups in total. The van der Waals surface area contributed by atoms with Crippen LogP contribution in [0.3, 0.4) is 0 Å². The first-order valence-electron chi connectivity index (χ1n) is 4.31. The molecule has 0 aliphatic carbocycles. The monoisotopic (exact) mass is 171 g/mol. The van der Waals surface area contributed by atoms with Gasteiger partial charge >= 0.3 is 5.97 Å². The molecule has 0 fully saturated rings. The molecule has 0 bridgehead atoms. The SMILES string of the molecule is CCCCOC(=O)C(C)C(C)=N. The zero-order valence-electron chi connectivity index (χ0n) is 8.02. The second-order valence-corrected chi connectivity index (χ2v) is 2.93. The van der Waals surface area contributed by atoms with Crippen LogP contribution in [0.15, 0.2) is 0 Å². The van der Waals surface area contributed by atoms with E-state index in [9.17, 15) is 4.79 Å². The van der Waals surface area contributed by atoms with Gasteiger partial charge in [-0.2, -0.15) is 0 Å². The molecule has 0 amide bonds. The second-order valence-electron chi connectivity index (χ2n) is 2.93. The van der Waals surface area contributed by atoms with Gasteiger partial charge in [-0.15, -0.1) is 0 Å². The van der Waals surface area contributed by atoms with Crippen LogP contribution in [0.25, 0.3) is 0 Å². The fraction of sp³-hybridized carbons (Fsp3) is 0.778. The third-order valence-corrected chi connectivity index (χ3v) is 1.75. The Morgan fingerprint density at radius 3 is 2.58 bits per heavy atom. The Bertz CT molecular complexity index is 166. The van der Waals surface area contributed by atoms with E-state index in [4.69, 9.17) is 10.1 Å². The number of carbonyl (C=O) groups excluding carboxylic acids is 1. The summed E-state index contributed by atoms with van der Waals surface area (Å²) < 4.78 is 4.93. The van der Waals surface area contributed by atoms with Crippen molar-refractivity contribution in [1.82, 2.24) is 0 Å². The number of nitrogens with one attached hydrogen (secondary N) is 1. The maximum atomic E-state index is 11.1. The number of unbranched alkanes of at least 4 members (excludes halogenated alkanes) is 1. The van der Waals surface area contributed by atoms with E-state index in [2.05, 4.69) is 0 Å². The molecule has 0 rings (SSSR count). The lowest BCUT2D eigenvalue weighted by Gasteiger charge is -2.08. The van der Waals surface area contributed by atoms with E-state index in [0.29, 0.717) is 12.3 Å². The van der Waals surface area contributed by atoms with Crippen LogP contribution in [-0.4, -0.2) is 18.3 Å². The van der Waals surface area contributed by atoms with E-state index in [1.807, 2.05) is 6.92 Å². The fourth-order valence-electron chi connectivity index (χ4n) is 0.619. The predicted molar refractivity (Wildman–Crippen MR) is 48.4 cm³/mol. The average Bonchev–Trinajstić information content (AvgIpc) is 2.03. The van der Waals surface area contributed by atoms with Gasteiger partial charge in [0.2, 0.25) is 0 Å². The number of esters is 1. The third kappa shape index (κ3) is 4.11. The van der Waals surface area contributed by atoms with Gasteiger partial charge in [0.25, 0.3) is 0 Å². The largest absolute Gasteiger partial charge is 0.465 e. The smallest absolute Gasteiger partial charge is 0.314 e. The van der Waals surface area contributed by atoms with Crippen LogP contribution < -0.4 is 0 Å².